The molecule has 6 nitrogen and oxygen atoms in total. The van der Waals surface area contributed by atoms with Crippen molar-refractivity contribution in [2.45, 2.75) is 32.2 Å². The molecule has 1 aliphatic rings. The number of hydrogen-bond donors (Lipinski definition) is 0. The van der Waals surface area contributed by atoms with Gasteiger partial charge in [-0.25, -0.2) is 18.7 Å². The van der Waals surface area contributed by atoms with E-state index in [-0.39, 0.29) is 11.9 Å². The minimum atomic E-state index is -0.449. The lowest BCUT2D eigenvalue weighted by atomic mass is 9.95. The Hall–Kier alpha value is -2.96. The Bertz CT molecular complexity index is 972. The number of hydrogen-bond acceptors (Lipinski definition) is 5. The maximum Gasteiger partial charge on any atom is 0.358 e. The summed E-state index contributed by atoms with van der Waals surface area (Å²) in [5.74, 6) is 0.0515. The van der Waals surface area contributed by atoms with Crippen LogP contribution in [-0.2, 0) is 4.74 Å². The molecule has 0 amide bonds. The number of fused-ring (bicyclic) bond motifs is 1. The molecule has 0 radical (unpaired) electrons. The van der Waals surface area contributed by atoms with Crippen LogP contribution < -0.4 is 4.90 Å². The number of imidazole rings is 1. The molecule has 0 saturated carbocycles. The van der Waals surface area contributed by atoms with Crippen LogP contribution in [0.15, 0.2) is 42.6 Å². The Morgan fingerprint density at radius 1 is 1.30 bits per heavy atom. The van der Waals surface area contributed by atoms with Gasteiger partial charge >= 0.3 is 5.97 Å². The average Bonchev–Trinajstić information content (AvgIpc) is 3.11. The zero-order chi connectivity index (χ0) is 18.8. The van der Waals surface area contributed by atoms with E-state index in [4.69, 9.17) is 4.74 Å². The maximum absolute atomic E-state index is 13.7. The van der Waals surface area contributed by atoms with Crippen LogP contribution in [0.3, 0.4) is 0 Å². The van der Waals surface area contributed by atoms with Crippen LogP contribution in [0, 0.1) is 5.82 Å². The summed E-state index contributed by atoms with van der Waals surface area (Å²) in [6, 6.07) is 10.5. The molecule has 140 valence electrons. The van der Waals surface area contributed by atoms with Crippen molar-refractivity contribution in [2.24, 2.45) is 0 Å². The summed E-state index contributed by atoms with van der Waals surface area (Å²) < 4.78 is 20.3. The first kappa shape index (κ1) is 17.5. The van der Waals surface area contributed by atoms with Crippen LogP contribution in [0.25, 0.3) is 5.65 Å². The highest BCUT2D eigenvalue weighted by Crippen LogP contribution is 2.34. The number of benzene rings is 1. The molecule has 7 heteroatoms. The minimum absolute atomic E-state index is 0.0500. The van der Waals surface area contributed by atoms with Gasteiger partial charge in [0.05, 0.1) is 18.8 Å². The Balaban J connectivity index is 1.73. The van der Waals surface area contributed by atoms with Gasteiger partial charge in [-0.15, -0.1) is 5.10 Å². The van der Waals surface area contributed by atoms with Crippen molar-refractivity contribution in [3.8, 4) is 0 Å². The number of ether oxygens (including phenoxy) is 1. The van der Waals surface area contributed by atoms with Crippen molar-refractivity contribution >= 4 is 17.4 Å². The molecular weight excluding hydrogens is 347 g/mol. The van der Waals surface area contributed by atoms with Crippen molar-refractivity contribution in [1.29, 1.82) is 0 Å². The van der Waals surface area contributed by atoms with Gasteiger partial charge in [-0.05, 0) is 56.0 Å². The van der Waals surface area contributed by atoms with Crippen LogP contribution >= 0.6 is 0 Å². The molecule has 2 aromatic heterocycles. The van der Waals surface area contributed by atoms with Crippen LogP contribution in [0.2, 0.25) is 0 Å². The molecule has 0 spiro atoms. The molecule has 3 heterocycles. The fraction of sp³-hybridized carbons (Fsp3) is 0.350. The predicted octanol–water partition coefficient (Wildman–Crippen LogP) is 3.78. The molecule has 4 rings (SSSR count). The monoisotopic (exact) mass is 368 g/mol. The highest BCUT2D eigenvalue weighted by Gasteiger charge is 2.26. The molecule has 1 atom stereocenters. The number of carbonyl (C=O) groups excluding carboxylic acids is 1. The summed E-state index contributed by atoms with van der Waals surface area (Å²) in [5, 5.41) is 4.65. The van der Waals surface area contributed by atoms with Gasteiger partial charge in [0.2, 0.25) is 0 Å². The van der Waals surface area contributed by atoms with E-state index in [0.29, 0.717) is 17.9 Å². The normalized spacial score (nSPS) is 17.3. The largest absolute Gasteiger partial charge is 0.461 e. The van der Waals surface area contributed by atoms with Gasteiger partial charge in [-0.2, -0.15) is 0 Å². The minimum Gasteiger partial charge on any atom is -0.461 e. The number of nitrogens with zero attached hydrogens (tertiary/aromatic N) is 4. The summed E-state index contributed by atoms with van der Waals surface area (Å²) in [6.45, 7) is 2.87. The molecule has 1 aliphatic heterocycles. The first-order chi connectivity index (χ1) is 13.2. The quantitative estimate of drug-likeness (QED) is 0.656. The summed E-state index contributed by atoms with van der Waals surface area (Å²) in [4.78, 5) is 18.6. The van der Waals surface area contributed by atoms with Crippen molar-refractivity contribution in [2.75, 3.05) is 18.1 Å². The van der Waals surface area contributed by atoms with Crippen molar-refractivity contribution in [1.82, 2.24) is 14.6 Å². The predicted molar refractivity (Wildman–Crippen MR) is 99.3 cm³/mol. The van der Waals surface area contributed by atoms with E-state index in [0.717, 1.165) is 37.2 Å². The van der Waals surface area contributed by atoms with Crippen molar-refractivity contribution in [3.63, 3.8) is 0 Å². The van der Waals surface area contributed by atoms with E-state index in [2.05, 4.69) is 15.0 Å². The van der Waals surface area contributed by atoms with Gasteiger partial charge in [-0.3, -0.25) is 0 Å². The zero-order valence-corrected chi connectivity index (χ0v) is 15.1. The van der Waals surface area contributed by atoms with Crippen molar-refractivity contribution in [3.05, 3.63) is 59.7 Å². The second-order valence-electron chi connectivity index (χ2n) is 6.59. The lowest BCUT2D eigenvalue weighted by molar-refractivity contribution is 0.0516. The van der Waals surface area contributed by atoms with Gasteiger partial charge in [-0.1, -0.05) is 12.1 Å². The molecule has 0 N–H and O–H groups in total. The number of piperidine rings is 1. The van der Waals surface area contributed by atoms with E-state index in [1.807, 2.05) is 18.2 Å². The third kappa shape index (κ3) is 3.37. The van der Waals surface area contributed by atoms with E-state index >= 15 is 0 Å². The zero-order valence-electron chi connectivity index (χ0n) is 15.1. The standard InChI is InChI=1S/C20H21FN4O2/c1-2-27-20(26)17-13-22-18-9-10-19(23-25(17)18)24-11-4-3-8-16(24)14-6-5-7-15(21)12-14/h5-7,9-10,12-13,16H,2-4,8,11H2,1H3. The first-order valence-electron chi connectivity index (χ1n) is 9.21. The number of rotatable bonds is 4. The molecular formula is C20H21FN4O2. The molecule has 1 fully saturated rings. The molecule has 0 bridgehead atoms. The third-order valence-electron chi connectivity index (χ3n) is 4.86. The second kappa shape index (κ2) is 7.34. The highest BCUT2D eigenvalue weighted by atomic mass is 19.1. The number of halogens is 1. The Labute approximate surface area is 156 Å². The van der Waals surface area contributed by atoms with Gasteiger partial charge < -0.3 is 9.64 Å². The summed E-state index contributed by atoms with van der Waals surface area (Å²) in [5.41, 5.74) is 1.82. The van der Waals surface area contributed by atoms with Crippen LogP contribution in [-0.4, -0.2) is 33.7 Å². The van der Waals surface area contributed by atoms with Crippen LogP contribution in [0.1, 0.15) is 48.3 Å². The smallest absolute Gasteiger partial charge is 0.358 e. The molecule has 3 aromatic rings. The average molecular weight is 368 g/mol. The number of esters is 1. The van der Waals surface area contributed by atoms with Gasteiger partial charge in [0.15, 0.2) is 11.3 Å². The molecule has 1 aromatic carbocycles. The Morgan fingerprint density at radius 2 is 2.19 bits per heavy atom. The van der Waals surface area contributed by atoms with Gasteiger partial charge in [0.1, 0.15) is 11.6 Å². The number of anilines is 1. The summed E-state index contributed by atoms with van der Waals surface area (Å²) in [7, 11) is 0. The van der Waals surface area contributed by atoms with E-state index in [1.165, 1.54) is 16.8 Å². The van der Waals surface area contributed by atoms with E-state index in [9.17, 15) is 9.18 Å². The van der Waals surface area contributed by atoms with E-state index < -0.39 is 5.97 Å². The summed E-state index contributed by atoms with van der Waals surface area (Å²) in [6.07, 6.45) is 4.53. The summed E-state index contributed by atoms with van der Waals surface area (Å²) >= 11 is 0. The SMILES string of the molecule is CCOC(=O)c1cnc2ccc(N3CCCCC3c3cccc(F)c3)nn12. The molecule has 27 heavy (non-hydrogen) atoms. The van der Waals surface area contributed by atoms with Gasteiger partial charge in [0.25, 0.3) is 0 Å². The van der Waals surface area contributed by atoms with E-state index in [1.54, 1.807) is 19.1 Å². The highest BCUT2D eigenvalue weighted by molar-refractivity contribution is 5.88. The number of carbonyl (C=O) groups is 1. The van der Waals surface area contributed by atoms with Gasteiger partial charge in [0, 0.05) is 6.54 Å². The number of aromatic nitrogens is 3. The lowest BCUT2D eigenvalue weighted by Crippen LogP contribution is -2.34. The fourth-order valence-electron chi connectivity index (χ4n) is 3.63. The molecule has 1 saturated heterocycles. The lowest BCUT2D eigenvalue weighted by Gasteiger charge is -2.37. The second-order valence-corrected chi connectivity index (χ2v) is 6.59. The molecule has 0 aliphatic carbocycles. The Morgan fingerprint density at radius 3 is 3.00 bits per heavy atom. The fourth-order valence-corrected chi connectivity index (χ4v) is 3.63. The van der Waals surface area contributed by atoms with Crippen molar-refractivity contribution < 1.29 is 13.9 Å². The third-order valence-corrected chi connectivity index (χ3v) is 4.86. The topological polar surface area (TPSA) is 59.7 Å². The van der Waals surface area contributed by atoms with Crippen LogP contribution in [0.4, 0.5) is 10.2 Å². The maximum atomic E-state index is 13.7. The first-order valence-corrected chi connectivity index (χ1v) is 9.21. The Kier molecular flexibility index (Phi) is 4.75. The van der Waals surface area contributed by atoms with Crippen LogP contribution in [0.5, 0.6) is 0 Å². The molecule has 1 unspecified atom stereocenters.